The van der Waals surface area contributed by atoms with Crippen LogP contribution >= 0.6 is 35.0 Å². The van der Waals surface area contributed by atoms with Crippen LogP contribution in [0.4, 0.5) is 0 Å². The Morgan fingerprint density at radius 2 is 1.84 bits per heavy atom. The lowest BCUT2D eigenvalue weighted by Crippen LogP contribution is -2.34. The molecule has 2 aliphatic rings. The number of rotatable bonds is 5. The molecule has 0 fully saturated rings. The van der Waals surface area contributed by atoms with Gasteiger partial charge in [-0.1, -0.05) is 41.4 Å². The molecule has 8 heteroatoms. The highest BCUT2D eigenvalue weighted by Crippen LogP contribution is 2.49. The van der Waals surface area contributed by atoms with Crippen molar-refractivity contribution in [3.05, 3.63) is 81.1 Å². The molecule has 0 aromatic heterocycles. The van der Waals surface area contributed by atoms with Crippen molar-refractivity contribution in [3.8, 4) is 5.75 Å². The van der Waals surface area contributed by atoms with E-state index in [1.807, 2.05) is 48.4 Å². The van der Waals surface area contributed by atoms with Crippen molar-refractivity contribution >= 4 is 51.0 Å². The number of methoxy groups -OCH3 is 1. The number of hydrogen-bond donors (Lipinski definition) is 0. The molecule has 1 atom stereocenters. The fourth-order valence-electron chi connectivity index (χ4n) is 3.60. The molecule has 2 aromatic rings. The Kier molecular flexibility index (Phi) is 6.32. The first-order valence-electron chi connectivity index (χ1n) is 9.67. The summed E-state index contributed by atoms with van der Waals surface area (Å²) in [7, 11) is 1.62. The summed E-state index contributed by atoms with van der Waals surface area (Å²) >= 11 is 14.4. The fourth-order valence-corrected chi connectivity index (χ4v) is 5.44. The molecule has 0 N–H and O–H groups in total. The maximum absolute atomic E-state index is 12.9. The Morgan fingerprint density at radius 1 is 1.16 bits per heavy atom. The van der Waals surface area contributed by atoms with Gasteiger partial charge >= 0.3 is 5.97 Å². The van der Waals surface area contributed by atoms with Crippen LogP contribution in [0.2, 0.25) is 10.0 Å². The van der Waals surface area contributed by atoms with E-state index in [0.717, 1.165) is 26.9 Å². The normalized spacial score (nSPS) is 17.8. The van der Waals surface area contributed by atoms with Crippen LogP contribution in [-0.2, 0) is 9.53 Å². The van der Waals surface area contributed by atoms with Crippen molar-refractivity contribution in [2.24, 2.45) is 4.99 Å². The molecular formula is C23H20Cl2N2O3S. The zero-order chi connectivity index (χ0) is 22.1. The number of carbonyl (C=O) groups is 1. The predicted octanol–water partition coefficient (Wildman–Crippen LogP) is 6.30. The predicted molar refractivity (Wildman–Crippen MR) is 126 cm³/mol. The molecule has 0 aliphatic carbocycles. The smallest absolute Gasteiger partial charge is 0.338 e. The van der Waals surface area contributed by atoms with Crippen LogP contribution in [0.1, 0.15) is 31.0 Å². The average Bonchev–Trinajstić information content (AvgIpc) is 3.15. The van der Waals surface area contributed by atoms with Gasteiger partial charge in [0, 0.05) is 16.7 Å². The summed E-state index contributed by atoms with van der Waals surface area (Å²) in [6.45, 7) is 3.90. The minimum absolute atomic E-state index is 0.284. The van der Waals surface area contributed by atoms with Crippen molar-refractivity contribution in [2.45, 2.75) is 19.9 Å². The first kappa shape index (κ1) is 21.8. The fraction of sp³-hybridized carbons (Fsp3) is 0.217. The van der Waals surface area contributed by atoms with E-state index in [0.29, 0.717) is 21.3 Å². The maximum atomic E-state index is 12.9. The third-order valence-corrected chi connectivity index (χ3v) is 6.66. The Bertz CT molecular complexity index is 1110. The van der Waals surface area contributed by atoms with Gasteiger partial charge in [-0.05, 0) is 55.4 Å². The number of aliphatic imine (C=N–C) groups is 1. The van der Waals surface area contributed by atoms with Crippen molar-refractivity contribution < 1.29 is 14.3 Å². The van der Waals surface area contributed by atoms with Gasteiger partial charge in [0.2, 0.25) is 0 Å². The van der Waals surface area contributed by atoms with Crippen molar-refractivity contribution in [3.63, 3.8) is 0 Å². The summed E-state index contributed by atoms with van der Waals surface area (Å²) in [4.78, 5) is 20.4. The van der Waals surface area contributed by atoms with Gasteiger partial charge in [-0.15, -0.1) is 0 Å². The Labute approximate surface area is 195 Å². The molecule has 2 heterocycles. The third-order valence-electron chi connectivity index (χ3n) is 5.02. The van der Waals surface area contributed by atoms with Gasteiger partial charge in [0.25, 0.3) is 0 Å². The van der Waals surface area contributed by atoms with Crippen LogP contribution < -0.4 is 4.74 Å². The number of benzene rings is 2. The monoisotopic (exact) mass is 474 g/mol. The van der Waals surface area contributed by atoms with E-state index in [9.17, 15) is 4.79 Å². The van der Waals surface area contributed by atoms with Gasteiger partial charge in [-0.3, -0.25) is 0 Å². The average molecular weight is 475 g/mol. The number of esters is 1. The number of carbonyl (C=O) groups excluding carboxylic acids is 1. The lowest BCUT2D eigenvalue weighted by molar-refractivity contribution is -0.139. The topological polar surface area (TPSA) is 51.1 Å². The summed E-state index contributed by atoms with van der Waals surface area (Å²) in [5, 5.41) is 1.86. The molecule has 5 nitrogen and oxygen atoms in total. The standard InChI is InChI=1S/C23H20Cl2N2O3S/c1-4-30-22(28)19-13(2)26-23-27(21(19)14-8-10-15(29-3)11-9-14)12-18(31-23)20-16(24)6-5-7-17(20)25/h5-12,21H,4H2,1-3H3. The number of fused-ring (bicyclic) bond motifs is 1. The van der Waals surface area contributed by atoms with Crippen LogP contribution in [0.5, 0.6) is 5.75 Å². The molecule has 1 unspecified atom stereocenters. The SMILES string of the molecule is CCOC(=O)C1=C(C)N=C2SC(c3c(Cl)cccc3Cl)=CN2C1c1ccc(OC)cc1. The molecule has 0 saturated carbocycles. The Hall–Kier alpha value is -2.41. The van der Waals surface area contributed by atoms with Crippen LogP contribution in [-0.4, -0.2) is 29.8 Å². The largest absolute Gasteiger partial charge is 0.497 e. The minimum atomic E-state index is -0.399. The van der Waals surface area contributed by atoms with Crippen molar-refractivity contribution in [2.75, 3.05) is 13.7 Å². The van der Waals surface area contributed by atoms with Crippen molar-refractivity contribution in [1.82, 2.24) is 4.90 Å². The number of hydrogen-bond acceptors (Lipinski definition) is 6. The van der Waals surface area contributed by atoms with Crippen LogP contribution in [0.15, 0.2) is 64.9 Å². The number of nitrogens with zero attached hydrogens (tertiary/aromatic N) is 2. The van der Waals surface area contributed by atoms with E-state index in [1.54, 1.807) is 26.2 Å². The molecular weight excluding hydrogens is 455 g/mol. The number of amidine groups is 1. The summed E-state index contributed by atoms with van der Waals surface area (Å²) in [6.07, 6.45) is 1.94. The van der Waals surface area contributed by atoms with Gasteiger partial charge in [-0.25, -0.2) is 9.79 Å². The zero-order valence-corrected chi connectivity index (χ0v) is 19.5. The van der Waals surface area contributed by atoms with Gasteiger partial charge in [0.15, 0.2) is 5.17 Å². The molecule has 4 rings (SSSR count). The highest BCUT2D eigenvalue weighted by atomic mass is 35.5. The van der Waals surface area contributed by atoms with E-state index >= 15 is 0 Å². The Morgan fingerprint density at radius 3 is 2.45 bits per heavy atom. The first-order chi connectivity index (χ1) is 14.9. The first-order valence-corrected chi connectivity index (χ1v) is 11.2. The molecule has 0 spiro atoms. The lowest BCUT2D eigenvalue weighted by atomic mass is 9.94. The number of halogens is 2. The Balaban J connectivity index is 1.83. The van der Waals surface area contributed by atoms with E-state index in [2.05, 4.69) is 0 Å². The molecule has 2 aliphatic heterocycles. The van der Waals surface area contributed by atoms with Gasteiger partial charge in [0.05, 0.1) is 41.1 Å². The van der Waals surface area contributed by atoms with Crippen LogP contribution in [0.25, 0.3) is 4.91 Å². The molecule has 2 aromatic carbocycles. The summed E-state index contributed by atoms with van der Waals surface area (Å²) in [6, 6.07) is 12.6. The quantitative estimate of drug-likeness (QED) is 0.476. The number of ether oxygens (including phenoxy) is 2. The lowest BCUT2D eigenvalue weighted by Gasteiger charge is -2.33. The highest BCUT2D eigenvalue weighted by molar-refractivity contribution is 8.22. The second-order valence-corrected chi connectivity index (χ2v) is 8.71. The number of thioether (sulfide) groups is 1. The third kappa shape index (κ3) is 4.07. The van der Waals surface area contributed by atoms with E-state index in [4.69, 9.17) is 37.7 Å². The van der Waals surface area contributed by atoms with E-state index in [1.165, 1.54) is 11.8 Å². The second-order valence-electron chi connectivity index (χ2n) is 6.89. The summed E-state index contributed by atoms with van der Waals surface area (Å²) < 4.78 is 10.7. The van der Waals surface area contributed by atoms with E-state index < -0.39 is 6.04 Å². The highest BCUT2D eigenvalue weighted by Gasteiger charge is 2.39. The zero-order valence-electron chi connectivity index (χ0n) is 17.2. The summed E-state index contributed by atoms with van der Waals surface area (Å²) in [5.41, 5.74) is 2.78. The van der Waals surface area contributed by atoms with Gasteiger partial charge < -0.3 is 14.4 Å². The van der Waals surface area contributed by atoms with E-state index in [-0.39, 0.29) is 12.6 Å². The molecule has 0 radical (unpaired) electrons. The number of allylic oxidation sites excluding steroid dienone is 1. The van der Waals surface area contributed by atoms with Gasteiger partial charge in [-0.2, -0.15) is 0 Å². The van der Waals surface area contributed by atoms with Crippen molar-refractivity contribution in [1.29, 1.82) is 0 Å². The minimum Gasteiger partial charge on any atom is -0.497 e. The summed E-state index contributed by atoms with van der Waals surface area (Å²) in [5.74, 6) is 0.355. The maximum Gasteiger partial charge on any atom is 0.338 e. The van der Waals surface area contributed by atoms with Crippen LogP contribution in [0.3, 0.4) is 0 Å². The second kappa shape index (κ2) is 8.99. The molecule has 160 valence electrons. The molecule has 0 bridgehead atoms. The van der Waals surface area contributed by atoms with Gasteiger partial charge in [0.1, 0.15) is 5.75 Å². The molecule has 0 amide bonds. The molecule has 31 heavy (non-hydrogen) atoms. The molecule has 0 saturated heterocycles. The van der Waals surface area contributed by atoms with Crippen LogP contribution in [0, 0.1) is 0 Å².